The van der Waals surface area contributed by atoms with Crippen LogP contribution in [0.3, 0.4) is 0 Å². The molecular formula is C16H17F3N2. The predicted molar refractivity (Wildman–Crippen MR) is 76.1 cm³/mol. The van der Waals surface area contributed by atoms with Crippen LogP contribution in [0.15, 0.2) is 36.5 Å². The molecule has 1 N–H and O–H groups in total. The Balaban J connectivity index is 2.40. The highest BCUT2D eigenvalue weighted by atomic mass is 19.4. The van der Waals surface area contributed by atoms with Crippen molar-refractivity contribution in [1.82, 2.24) is 10.3 Å². The van der Waals surface area contributed by atoms with Crippen LogP contribution in [0.2, 0.25) is 0 Å². The van der Waals surface area contributed by atoms with Crippen LogP contribution in [0.25, 0.3) is 0 Å². The second-order valence-corrected chi connectivity index (χ2v) is 4.98. The van der Waals surface area contributed by atoms with E-state index in [4.69, 9.17) is 0 Å². The molecule has 2 aromatic rings. The minimum atomic E-state index is -4.36. The van der Waals surface area contributed by atoms with Crippen molar-refractivity contribution in [2.24, 2.45) is 0 Å². The number of halogens is 3. The summed E-state index contributed by atoms with van der Waals surface area (Å²) in [7, 11) is 1.77. The standard InChI is InChI=1S/C16H17F3N2/c1-10-5-4-6-13(11(10)2)15(20-3)14-8-7-12(9-21-14)16(17,18)19/h4-9,15,20H,1-3H3. The molecule has 0 bridgehead atoms. The third kappa shape index (κ3) is 3.24. The molecule has 5 heteroatoms. The summed E-state index contributed by atoms with van der Waals surface area (Å²) in [6.45, 7) is 4.00. The summed E-state index contributed by atoms with van der Waals surface area (Å²) in [6, 6.07) is 8.16. The zero-order chi connectivity index (χ0) is 15.6. The zero-order valence-corrected chi connectivity index (χ0v) is 12.1. The predicted octanol–water partition coefficient (Wildman–Crippen LogP) is 4.03. The normalized spacial score (nSPS) is 13.2. The number of nitrogens with zero attached hydrogens (tertiary/aromatic N) is 1. The van der Waals surface area contributed by atoms with E-state index in [-0.39, 0.29) is 6.04 Å². The van der Waals surface area contributed by atoms with Gasteiger partial charge in [0.1, 0.15) is 0 Å². The van der Waals surface area contributed by atoms with Gasteiger partial charge in [-0.15, -0.1) is 0 Å². The number of aromatic nitrogens is 1. The van der Waals surface area contributed by atoms with E-state index in [9.17, 15) is 13.2 Å². The Morgan fingerprint density at radius 3 is 2.33 bits per heavy atom. The fourth-order valence-corrected chi connectivity index (χ4v) is 2.29. The van der Waals surface area contributed by atoms with Gasteiger partial charge in [-0.25, -0.2) is 0 Å². The highest BCUT2D eigenvalue weighted by Gasteiger charge is 2.31. The average molecular weight is 294 g/mol. The Morgan fingerprint density at radius 2 is 1.81 bits per heavy atom. The van der Waals surface area contributed by atoms with Crippen molar-refractivity contribution in [3.63, 3.8) is 0 Å². The summed E-state index contributed by atoms with van der Waals surface area (Å²) in [5.74, 6) is 0. The molecule has 112 valence electrons. The molecule has 0 aliphatic carbocycles. The van der Waals surface area contributed by atoms with Gasteiger partial charge in [-0.1, -0.05) is 18.2 Å². The van der Waals surface area contributed by atoms with Crippen molar-refractivity contribution in [1.29, 1.82) is 0 Å². The van der Waals surface area contributed by atoms with Gasteiger partial charge >= 0.3 is 6.18 Å². The summed E-state index contributed by atoms with van der Waals surface area (Å²) < 4.78 is 37.8. The number of benzene rings is 1. The first-order chi connectivity index (χ1) is 9.84. The molecule has 1 heterocycles. The molecule has 21 heavy (non-hydrogen) atoms. The second-order valence-electron chi connectivity index (χ2n) is 4.98. The van der Waals surface area contributed by atoms with E-state index >= 15 is 0 Å². The Kier molecular flexibility index (Phi) is 4.32. The molecule has 0 amide bonds. The van der Waals surface area contributed by atoms with E-state index in [1.54, 1.807) is 7.05 Å². The van der Waals surface area contributed by atoms with Crippen molar-refractivity contribution in [2.75, 3.05) is 7.05 Å². The average Bonchev–Trinajstić information content (AvgIpc) is 2.44. The number of aryl methyl sites for hydroxylation is 1. The first-order valence-electron chi connectivity index (χ1n) is 6.61. The number of nitrogens with one attached hydrogen (secondary N) is 1. The Bertz CT molecular complexity index is 618. The van der Waals surface area contributed by atoms with Gasteiger partial charge in [-0.2, -0.15) is 13.2 Å². The van der Waals surface area contributed by atoms with Crippen molar-refractivity contribution < 1.29 is 13.2 Å². The number of hydrogen-bond donors (Lipinski definition) is 1. The monoisotopic (exact) mass is 294 g/mol. The van der Waals surface area contributed by atoms with Gasteiger partial charge in [0.25, 0.3) is 0 Å². The first kappa shape index (κ1) is 15.5. The lowest BCUT2D eigenvalue weighted by molar-refractivity contribution is -0.137. The lowest BCUT2D eigenvalue weighted by Crippen LogP contribution is -2.20. The van der Waals surface area contributed by atoms with E-state index in [1.165, 1.54) is 6.07 Å². The maximum Gasteiger partial charge on any atom is 0.417 e. The SMILES string of the molecule is CNC(c1ccc(C(F)(F)F)cn1)c1cccc(C)c1C. The van der Waals surface area contributed by atoms with Crippen LogP contribution < -0.4 is 5.32 Å². The molecule has 0 saturated heterocycles. The minimum Gasteiger partial charge on any atom is -0.308 e. The van der Waals surface area contributed by atoms with Crippen molar-refractivity contribution >= 4 is 0 Å². The third-order valence-electron chi connectivity index (χ3n) is 3.66. The van der Waals surface area contributed by atoms with Crippen LogP contribution >= 0.6 is 0 Å². The van der Waals surface area contributed by atoms with Crippen molar-refractivity contribution in [3.8, 4) is 0 Å². The molecule has 0 spiro atoms. The van der Waals surface area contributed by atoms with Crippen LogP contribution in [0.5, 0.6) is 0 Å². The number of rotatable bonds is 3. The molecule has 2 rings (SSSR count). The summed E-state index contributed by atoms with van der Waals surface area (Å²) >= 11 is 0. The van der Waals surface area contributed by atoms with Crippen LogP contribution in [-0.4, -0.2) is 12.0 Å². The van der Waals surface area contributed by atoms with E-state index in [0.717, 1.165) is 29.0 Å². The number of pyridine rings is 1. The fourth-order valence-electron chi connectivity index (χ4n) is 2.29. The summed E-state index contributed by atoms with van der Waals surface area (Å²) in [4.78, 5) is 3.98. The van der Waals surface area contributed by atoms with Crippen LogP contribution in [0, 0.1) is 13.8 Å². The second kappa shape index (κ2) is 5.85. The molecule has 1 unspecified atom stereocenters. The third-order valence-corrected chi connectivity index (χ3v) is 3.66. The first-order valence-corrected chi connectivity index (χ1v) is 6.61. The molecule has 0 radical (unpaired) electrons. The maximum atomic E-state index is 12.6. The zero-order valence-electron chi connectivity index (χ0n) is 12.1. The largest absolute Gasteiger partial charge is 0.417 e. The molecular weight excluding hydrogens is 277 g/mol. The number of alkyl halides is 3. The highest BCUT2D eigenvalue weighted by molar-refractivity contribution is 5.39. The Morgan fingerprint density at radius 1 is 1.10 bits per heavy atom. The topological polar surface area (TPSA) is 24.9 Å². The van der Waals surface area contributed by atoms with Gasteiger partial charge in [0.2, 0.25) is 0 Å². The van der Waals surface area contributed by atoms with Crippen LogP contribution in [0.1, 0.15) is 34.0 Å². The van der Waals surface area contributed by atoms with Crippen LogP contribution in [-0.2, 0) is 6.18 Å². The maximum absolute atomic E-state index is 12.6. The van der Waals surface area contributed by atoms with Crippen molar-refractivity contribution in [3.05, 3.63) is 64.5 Å². The molecule has 0 aliphatic heterocycles. The van der Waals surface area contributed by atoms with Crippen molar-refractivity contribution in [2.45, 2.75) is 26.1 Å². The molecule has 1 aromatic heterocycles. The molecule has 0 saturated carbocycles. The van der Waals surface area contributed by atoms with Crippen LogP contribution in [0.4, 0.5) is 13.2 Å². The fraction of sp³-hybridized carbons (Fsp3) is 0.312. The van der Waals surface area contributed by atoms with E-state index in [1.807, 2.05) is 32.0 Å². The molecule has 1 aromatic carbocycles. The Labute approximate surface area is 122 Å². The van der Waals surface area contributed by atoms with Gasteiger partial charge in [-0.05, 0) is 49.7 Å². The lowest BCUT2D eigenvalue weighted by Gasteiger charge is -2.20. The van der Waals surface area contributed by atoms with E-state index in [2.05, 4.69) is 10.3 Å². The minimum absolute atomic E-state index is 0.229. The van der Waals surface area contributed by atoms with Gasteiger partial charge in [0.15, 0.2) is 0 Å². The molecule has 0 aliphatic rings. The molecule has 1 atom stereocenters. The summed E-state index contributed by atoms with van der Waals surface area (Å²) in [6.07, 6.45) is -3.48. The lowest BCUT2D eigenvalue weighted by atomic mass is 9.95. The van der Waals surface area contributed by atoms with Gasteiger partial charge in [0.05, 0.1) is 17.3 Å². The summed E-state index contributed by atoms with van der Waals surface area (Å²) in [5.41, 5.74) is 3.10. The van der Waals surface area contributed by atoms with E-state index in [0.29, 0.717) is 5.69 Å². The van der Waals surface area contributed by atoms with Gasteiger partial charge in [0, 0.05) is 6.20 Å². The highest BCUT2D eigenvalue weighted by Crippen LogP contribution is 2.30. The number of hydrogen-bond acceptors (Lipinski definition) is 2. The Hall–Kier alpha value is -1.88. The van der Waals surface area contributed by atoms with E-state index < -0.39 is 11.7 Å². The summed E-state index contributed by atoms with van der Waals surface area (Å²) in [5, 5.41) is 3.12. The van der Waals surface area contributed by atoms with Gasteiger partial charge < -0.3 is 5.32 Å². The smallest absolute Gasteiger partial charge is 0.308 e. The van der Waals surface area contributed by atoms with Gasteiger partial charge in [-0.3, -0.25) is 4.98 Å². The molecule has 0 fully saturated rings. The quantitative estimate of drug-likeness (QED) is 0.924. The molecule has 2 nitrogen and oxygen atoms in total.